The van der Waals surface area contributed by atoms with E-state index in [4.69, 9.17) is 4.74 Å². The molecule has 0 N–H and O–H groups in total. The Morgan fingerprint density at radius 1 is 0.829 bits per heavy atom. The summed E-state index contributed by atoms with van der Waals surface area (Å²) in [7, 11) is 0. The highest BCUT2D eigenvalue weighted by molar-refractivity contribution is 5.71. The van der Waals surface area contributed by atoms with Crippen molar-refractivity contribution in [3.63, 3.8) is 0 Å². The molecule has 0 saturated heterocycles. The van der Waals surface area contributed by atoms with Gasteiger partial charge in [-0.25, -0.2) is 4.39 Å². The molecule has 0 unspecified atom stereocenters. The number of allylic oxidation sites excluding steroid dienone is 1. The van der Waals surface area contributed by atoms with Crippen molar-refractivity contribution in [3.8, 4) is 28.0 Å². The third-order valence-corrected chi connectivity index (χ3v) is 7.35. The van der Waals surface area contributed by atoms with Gasteiger partial charge in [-0.2, -0.15) is 4.39 Å². The summed E-state index contributed by atoms with van der Waals surface area (Å²) in [5.74, 6) is -0.265. The van der Waals surface area contributed by atoms with E-state index in [1.165, 1.54) is 43.7 Å². The average Bonchev–Trinajstić information content (AvgIpc) is 2.91. The lowest BCUT2D eigenvalue weighted by molar-refractivity contribution is 0.289. The average molecular weight is 475 g/mol. The molecule has 3 heteroatoms. The number of hydrogen-bond donors (Lipinski definition) is 0. The van der Waals surface area contributed by atoms with Gasteiger partial charge in [-0.05, 0) is 91.2 Å². The third-order valence-electron chi connectivity index (χ3n) is 7.35. The summed E-state index contributed by atoms with van der Waals surface area (Å²) in [5, 5.41) is 0. The highest BCUT2D eigenvalue weighted by Crippen LogP contribution is 2.33. The Morgan fingerprint density at radius 2 is 1.46 bits per heavy atom. The van der Waals surface area contributed by atoms with Crippen molar-refractivity contribution < 1.29 is 13.5 Å². The van der Waals surface area contributed by atoms with Crippen molar-refractivity contribution in [2.75, 3.05) is 6.61 Å². The quantitative estimate of drug-likeness (QED) is 0.210. The Balaban J connectivity index is 1.37. The van der Waals surface area contributed by atoms with Crippen LogP contribution in [0.1, 0.15) is 57.4 Å². The van der Waals surface area contributed by atoms with Crippen LogP contribution in [0, 0.1) is 23.5 Å². The molecule has 1 nitrogen and oxygen atoms in total. The smallest absolute Gasteiger partial charge is 0.201 e. The Morgan fingerprint density at radius 3 is 2.09 bits per heavy atom. The molecule has 0 amide bonds. The molecule has 0 aromatic heterocycles. The van der Waals surface area contributed by atoms with Crippen LogP contribution >= 0.6 is 0 Å². The molecule has 1 fully saturated rings. The molecule has 35 heavy (non-hydrogen) atoms. The summed E-state index contributed by atoms with van der Waals surface area (Å²) < 4.78 is 34.6. The van der Waals surface area contributed by atoms with Gasteiger partial charge in [0.2, 0.25) is 5.82 Å². The van der Waals surface area contributed by atoms with E-state index in [2.05, 4.69) is 36.9 Å². The van der Waals surface area contributed by atoms with Gasteiger partial charge < -0.3 is 4.74 Å². The van der Waals surface area contributed by atoms with Crippen LogP contribution in [0.3, 0.4) is 0 Å². The highest BCUT2D eigenvalue weighted by Gasteiger charge is 2.19. The van der Waals surface area contributed by atoms with Crippen molar-refractivity contribution in [1.82, 2.24) is 0 Å². The minimum absolute atomic E-state index is 0.0270. The van der Waals surface area contributed by atoms with Gasteiger partial charge in [0.25, 0.3) is 0 Å². The molecule has 3 aromatic rings. The van der Waals surface area contributed by atoms with Gasteiger partial charge in [-0.1, -0.05) is 68.0 Å². The first-order chi connectivity index (χ1) is 17.1. The van der Waals surface area contributed by atoms with Crippen LogP contribution in [0.15, 0.2) is 73.3 Å². The maximum absolute atomic E-state index is 14.7. The van der Waals surface area contributed by atoms with E-state index in [0.717, 1.165) is 42.2 Å². The fourth-order valence-corrected chi connectivity index (χ4v) is 4.98. The van der Waals surface area contributed by atoms with E-state index in [1.54, 1.807) is 6.07 Å². The molecule has 0 heterocycles. The molecular weight excluding hydrogens is 438 g/mol. The van der Waals surface area contributed by atoms with E-state index < -0.39 is 11.6 Å². The number of unbranched alkanes of at least 4 members (excludes halogenated alkanes) is 1. The lowest BCUT2D eigenvalue weighted by Crippen LogP contribution is -2.13. The first kappa shape index (κ1) is 25.2. The molecule has 1 saturated carbocycles. The molecule has 0 atom stereocenters. The van der Waals surface area contributed by atoms with Crippen LogP contribution in [0.25, 0.3) is 22.3 Å². The van der Waals surface area contributed by atoms with E-state index in [-0.39, 0.29) is 11.3 Å². The van der Waals surface area contributed by atoms with E-state index in [0.29, 0.717) is 12.2 Å². The predicted molar refractivity (Wildman–Crippen MR) is 142 cm³/mol. The van der Waals surface area contributed by atoms with Gasteiger partial charge in [0.15, 0.2) is 11.6 Å². The van der Waals surface area contributed by atoms with Crippen molar-refractivity contribution in [1.29, 1.82) is 0 Å². The number of hydrogen-bond acceptors (Lipinski definition) is 1. The molecule has 0 spiro atoms. The fourth-order valence-electron chi connectivity index (χ4n) is 4.98. The summed E-state index contributed by atoms with van der Waals surface area (Å²) in [4.78, 5) is 0. The SMILES string of the molecule is C=CC1CCC(CCc2ccc(-c3ccc(-c4ccc(OCCCC)c(F)c4F)cc3)cc2)CC1. The summed E-state index contributed by atoms with van der Waals surface area (Å²) in [6.07, 6.45) is 11.5. The Bertz CT molecular complexity index is 1090. The van der Waals surface area contributed by atoms with Crippen LogP contribution in [-0.4, -0.2) is 6.61 Å². The molecule has 0 bridgehead atoms. The number of ether oxygens (including phenoxy) is 1. The van der Waals surface area contributed by atoms with Crippen molar-refractivity contribution in [2.45, 2.75) is 58.3 Å². The van der Waals surface area contributed by atoms with Crippen molar-refractivity contribution in [2.24, 2.45) is 11.8 Å². The zero-order chi connectivity index (χ0) is 24.6. The lowest BCUT2D eigenvalue weighted by Gasteiger charge is -2.26. The molecular formula is C32H36F2O. The van der Waals surface area contributed by atoms with Gasteiger partial charge in [-0.15, -0.1) is 6.58 Å². The second-order valence-corrected chi connectivity index (χ2v) is 9.77. The van der Waals surface area contributed by atoms with Crippen LogP contribution in [-0.2, 0) is 6.42 Å². The van der Waals surface area contributed by atoms with Gasteiger partial charge in [0.05, 0.1) is 6.61 Å². The van der Waals surface area contributed by atoms with Gasteiger partial charge in [0.1, 0.15) is 0 Å². The predicted octanol–water partition coefficient (Wildman–Crippen LogP) is 9.40. The first-order valence-electron chi connectivity index (χ1n) is 13.0. The number of rotatable bonds is 10. The van der Waals surface area contributed by atoms with Crippen LogP contribution in [0.4, 0.5) is 8.78 Å². The monoisotopic (exact) mass is 474 g/mol. The molecule has 0 radical (unpaired) electrons. The van der Waals surface area contributed by atoms with Crippen LogP contribution in [0.5, 0.6) is 5.75 Å². The summed E-state index contributed by atoms with van der Waals surface area (Å²) >= 11 is 0. The molecule has 184 valence electrons. The minimum atomic E-state index is -0.924. The maximum Gasteiger partial charge on any atom is 0.201 e. The molecule has 3 aromatic carbocycles. The second-order valence-electron chi connectivity index (χ2n) is 9.77. The molecule has 1 aliphatic carbocycles. The third kappa shape index (κ3) is 6.39. The van der Waals surface area contributed by atoms with Crippen LogP contribution < -0.4 is 4.74 Å². The zero-order valence-corrected chi connectivity index (χ0v) is 20.7. The largest absolute Gasteiger partial charge is 0.490 e. The number of benzene rings is 3. The zero-order valence-electron chi connectivity index (χ0n) is 20.7. The van der Waals surface area contributed by atoms with E-state index in [9.17, 15) is 8.78 Å². The standard InChI is InChI=1S/C32H36F2O/c1-3-5-22-35-30-21-20-29(31(33)32(30)34)28-18-16-27(17-19-28)26-14-12-25(13-15-26)11-10-24-8-6-23(4-2)7-9-24/h4,12-21,23-24H,2-3,5-11,22H2,1H3. The summed E-state index contributed by atoms with van der Waals surface area (Å²) in [6, 6.07) is 19.5. The van der Waals surface area contributed by atoms with Crippen molar-refractivity contribution >= 4 is 0 Å². The topological polar surface area (TPSA) is 9.23 Å². The van der Waals surface area contributed by atoms with Crippen molar-refractivity contribution in [3.05, 3.63) is 90.5 Å². The first-order valence-corrected chi connectivity index (χ1v) is 13.0. The highest BCUT2D eigenvalue weighted by atomic mass is 19.2. The Labute approximate surface area is 208 Å². The maximum atomic E-state index is 14.7. The van der Waals surface area contributed by atoms with Gasteiger partial charge >= 0.3 is 0 Å². The normalized spacial score (nSPS) is 17.8. The molecule has 1 aliphatic rings. The molecule has 4 rings (SSSR count). The number of halogens is 2. The second kappa shape index (κ2) is 12.2. The Hall–Kier alpha value is -2.94. The lowest BCUT2D eigenvalue weighted by atomic mass is 9.79. The van der Waals surface area contributed by atoms with E-state index >= 15 is 0 Å². The van der Waals surface area contributed by atoms with Gasteiger partial charge in [0, 0.05) is 5.56 Å². The molecule has 0 aliphatic heterocycles. The summed E-state index contributed by atoms with van der Waals surface area (Å²) in [6.45, 7) is 6.35. The van der Waals surface area contributed by atoms with Gasteiger partial charge in [-0.3, -0.25) is 0 Å². The summed E-state index contributed by atoms with van der Waals surface area (Å²) in [5.41, 5.74) is 4.44. The van der Waals surface area contributed by atoms with E-state index in [1.807, 2.05) is 31.2 Å². The van der Waals surface area contributed by atoms with Crippen LogP contribution in [0.2, 0.25) is 0 Å². The Kier molecular flexibility index (Phi) is 8.74. The number of aryl methyl sites for hydroxylation is 1. The fraction of sp³-hybridized carbons (Fsp3) is 0.375. The minimum Gasteiger partial charge on any atom is -0.490 e.